The van der Waals surface area contributed by atoms with Gasteiger partial charge >= 0.3 is 0 Å². The smallest absolute Gasteiger partial charge is 0.255 e. The minimum atomic E-state index is -1.60. The van der Waals surface area contributed by atoms with Gasteiger partial charge in [-0.1, -0.05) is 30.3 Å². The molecule has 35 heavy (non-hydrogen) atoms. The molecule has 2 heterocycles. The third kappa shape index (κ3) is 6.52. The van der Waals surface area contributed by atoms with Crippen molar-refractivity contribution in [3.05, 3.63) is 77.4 Å². The Morgan fingerprint density at radius 1 is 1.14 bits per heavy atom. The van der Waals surface area contributed by atoms with Gasteiger partial charge in [0, 0.05) is 24.5 Å². The number of fused-ring (bicyclic) bond motifs is 1. The molecule has 0 spiro atoms. The summed E-state index contributed by atoms with van der Waals surface area (Å²) >= 11 is 1.55. The molecule has 0 bridgehead atoms. The first kappa shape index (κ1) is 24.6. The second kappa shape index (κ2) is 10.8. The lowest BCUT2D eigenvalue weighted by molar-refractivity contribution is -0.00177. The van der Waals surface area contributed by atoms with Crippen LogP contribution in [0.2, 0.25) is 0 Å². The first-order valence-corrected chi connectivity index (χ1v) is 12.2. The molecule has 4 aromatic rings. The van der Waals surface area contributed by atoms with E-state index in [1.165, 1.54) is 25.6 Å². The Bertz CT molecular complexity index is 1290. The van der Waals surface area contributed by atoms with E-state index in [4.69, 9.17) is 0 Å². The number of hydrogen-bond donors (Lipinski definition) is 4. The van der Waals surface area contributed by atoms with Gasteiger partial charge in [0.05, 0.1) is 39.1 Å². The maximum Gasteiger partial charge on any atom is 0.255 e. The largest absolute Gasteiger partial charge is 0.387 e. The topological polar surface area (TPSA) is 99.2 Å². The third-order valence-electron chi connectivity index (χ3n) is 5.53. The minimum absolute atomic E-state index is 0.296. The standard InChI is InChI=1S/C26H28FN5O2S/c1-26(2,34)23(27)15-30-25(33)19-14-29-24(32-18-8-9-20-22(12-18)35-16-31-20)13-21(19)28-11-10-17-6-4-3-5-7-17/h3-9,12-14,16,23,34H,10-11,15H2,1-2H3,(H,30,33)(H2,28,29,32)/t23-/m1/s1. The highest BCUT2D eigenvalue weighted by Gasteiger charge is 2.27. The number of benzene rings is 2. The molecule has 182 valence electrons. The maximum atomic E-state index is 14.2. The zero-order valence-electron chi connectivity index (χ0n) is 19.6. The Balaban J connectivity index is 1.52. The highest BCUT2D eigenvalue weighted by molar-refractivity contribution is 7.16. The van der Waals surface area contributed by atoms with Crippen LogP contribution in [0.15, 0.2) is 66.3 Å². The predicted molar refractivity (Wildman–Crippen MR) is 139 cm³/mol. The molecule has 0 unspecified atom stereocenters. The molecule has 0 saturated carbocycles. The lowest BCUT2D eigenvalue weighted by Crippen LogP contribution is -2.42. The Morgan fingerprint density at radius 2 is 1.94 bits per heavy atom. The Labute approximate surface area is 207 Å². The number of halogens is 1. The highest BCUT2D eigenvalue weighted by Crippen LogP contribution is 2.26. The first-order valence-electron chi connectivity index (χ1n) is 11.3. The summed E-state index contributed by atoms with van der Waals surface area (Å²) in [5, 5.41) is 19.0. The number of alkyl halides is 1. The van der Waals surface area contributed by atoms with E-state index in [0.29, 0.717) is 23.6 Å². The van der Waals surface area contributed by atoms with Gasteiger partial charge in [0.25, 0.3) is 5.91 Å². The van der Waals surface area contributed by atoms with Crippen molar-refractivity contribution in [3.8, 4) is 0 Å². The van der Waals surface area contributed by atoms with Gasteiger partial charge in [-0.15, -0.1) is 11.3 Å². The third-order valence-corrected chi connectivity index (χ3v) is 6.32. The van der Waals surface area contributed by atoms with Crippen LogP contribution in [0.5, 0.6) is 0 Å². The molecule has 0 aliphatic rings. The second-order valence-electron chi connectivity index (χ2n) is 8.77. The van der Waals surface area contributed by atoms with E-state index in [-0.39, 0.29) is 6.54 Å². The molecule has 0 fully saturated rings. The number of anilines is 3. The van der Waals surface area contributed by atoms with Crippen molar-refractivity contribution in [3.63, 3.8) is 0 Å². The average Bonchev–Trinajstić information content (AvgIpc) is 3.30. The number of nitrogens with zero attached hydrogens (tertiary/aromatic N) is 2. The number of aliphatic hydroxyl groups is 1. The van der Waals surface area contributed by atoms with Crippen molar-refractivity contribution in [1.29, 1.82) is 0 Å². The van der Waals surface area contributed by atoms with E-state index in [9.17, 15) is 14.3 Å². The number of carbonyl (C=O) groups excluding carboxylic acids is 1. The lowest BCUT2D eigenvalue weighted by atomic mass is 10.0. The summed E-state index contributed by atoms with van der Waals surface area (Å²) in [4.78, 5) is 21.5. The SMILES string of the molecule is CC(C)(O)[C@H](F)CNC(=O)c1cnc(Nc2ccc3ncsc3c2)cc1NCCc1ccccc1. The Kier molecular flexibility index (Phi) is 7.57. The zero-order chi connectivity index (χ0) is 24.8. The van der Waals surface area contributed by atoms with Gasteiger partial charge in [0.2, 0.25) is 0 Å². The summed E-state index contributed by atoms with van der Waals surface area (Å²) in [5.74, 6) is 0.0942. The van der Waals surface area contributed by atoms with Crippen LogP contribution in [0.25, 0.3) is 10.2 Å². The fourth-order valence-electron chi connectivity index (χ4n) is 3.45. The number of amides is 1. The molecular formula is C26H28FN5O2S. The summed E-state index contributed by atoms with van der Waals surface area (Å²) in [6.07, 6.45) is 0.627. The molecule has 0 radical (unpaired) electrons. The zero-order valence-corrected chi connectivity index (χ0v) is 20.4. The predicted octanol–water partition coefficient (Wildman–Crippen LogP) is 4.93. The molecule has 9 heteroatoms. The van der Waals surface area contributed by atoms with E-state index < -0.39 is 17.7 Å². The van der Waals surface area contributed by atoms with Crippen LogP contribution in [0.4, 0.5) is 21.6 Å². The number of carbonyl (C=O) groups is 1. The fraction of sp³-hybridized carbons (Fsp3) is 0.269. The summed E-state index contributed by atoms with van der Waals surface area (Å²) in [6, 6.07) is 17.6. The average molecular weight is 494 g/mol. The minimum Gasteiger partial charge on any atom is -0.387 e. The van der Waals surface area contributed by atoms with Gasteiger partial charge in [-0.2, -0.15) is 0 Å². The van der Waals surface area contributed by atoms with Crippen LogP contribution in [-0.4, -0.2) is 45.8 Å². The summed E-state index contributed by atoms with van der Waals surface area (Å²) in [5.41, 5.74) is 4.08. The van der Waals surface area contributed by atoms with Crippen molar-refractivity contribution in [2.45, 2.75) is 32.0 Å². The van der Waals surface area contributed by atoms with Crippen molar-refractivity contribution in [1.82, 2.24) is 15.3 Å². The number of thiazole rings is 1. The second-order valence-corrected chi connectivity index (χ2v) is 9.65. The van der Waals surface area contributed by atoms with Gasteiger partial charge in [-0.05, 0) is 44.0 Å². The molecule has 0 aliphatic carbocycles. The van der Waals surface area contributed by atoms with Crippen LogP contribution < -0.4 is 16.0 Å². The van der Waals surface area contributed by atoms with E-state index in [1.54, 1.807) is 22.9 Å². The normalized spacial score (nSPS) is 12.3. The molecular weight excluding hydrogens is 465 g/mol. The molecule has 0 aliphatic heterocycles. The molecule has 4 rings (SSSR count). The quantitative estimate of drug-likeness (QED) is 0.250. The van der Waals surface area contributed by atoms with Crippen molar-refractivity contribution in [2.75, 3.05) is 23.7 Å². The Hall–Kier alpha value is -3.56. The molecule has 0 saturated heterocycles. The summed E-state index contributed by atoms with van der Waals surface area (Å²) < 4.78 is 15.2. The van der Waals surface area contributed by atoms with Crippen LogP contribution in [0.3, 0.4) is 0 Å². The molecule has 2 aromatic heterocycles. The molecule has 1 atom stereocenters. The van der Waals surface area contributed by atoms with Crippen LogP contribution in [-0.2, 0) is 6.42 Å². The first-order chi connectivity index (χ1) is 16.8. The summed E-state index contributed by atoms with van der Waals surface area (Å²) in [6.45, 7) is 3.02. The number of rotatable bonds is 10. The van der Waals surface area contributed by atoms with E-state index in [2.05, 4.69) is 25.9 Å². The van der Waals surface area contributed by atoms with E-state index >= 15 is 0 Å². The molecule has 1 amide bonds. The number of aromatic nitrogens is 2. The van der Waals surface area contributed by atoms with Crippen molar-refractivity contribution >= 4 is 44.7 Å². The van der Waals surface area contributed by atoms with E-state index in [1.807, 2.05) is 48.5 Å². The fourth-order valence-corrected chi connectivity index (χ4v) is 4.16. The van der Waals surface area contributed by atoms with Gasteiger partial charge in [0.15, 0.2) is 0 Å². The van der Waals surface area contributed by atoms with Crippen molar-refractivity contribution in [2.24, 2.45) is 0 Å². The molecule has 7 nitrogen and oxygen atoms in total. The van der Waals surface area contributed by atoms with Gasteiger partial charge in [-0.25, -0.2) is 14.4 Å². The van der Waals surface area contributed by atoms with Gasteiger partial charge in [-0.3, -0.25) is 4.79 Å². The van der Waals surface area contributed by atoms with Crippen molar-refractivity contribution < 1.29 is 14.3 Å². The Morgan fingerprint density at radius 3 is 2.71 bits per heavy atom. The van der Waals surface area contributed by atoms with Crippen LogP contribution in [0.1, 0.15) is 29.8 Å². The lowest BCUT2D eigenvalue weighted by Gasteiger charge is -2.22. The van der Waals surface area contributed by atoms with Gasteiger partial charge < -0.3 is 21.1 Å². The maximum absolute atomic E-state index is 14.2. The molecule has 2 aromatic carbocycles. The van der Waals surface area contributed by atoms with E-state index in [0.717, 1.165) is 22.3 Å². The van der Waals surface area contributed by atoms with Gasteiger partial charge in [0.1, 0.15) is 12.0 Å². The van der Waals surface area contributed by atoms with Crippen LogP contribution in [0, 0.1) is 0 Å². The van der Waals surface area contributed by atoms with Crippen LogP contribution >= 0.6 is 11.3 Å². The number of hydrogen-bond acceptors (Lipinski definition) is 7. The highest BCUT2D eigenvalue weighted by atomic mass is 32.1. The molecule has 4 N–H and O–H groups in total. The number of pyridine rings is 1. The monoisotopic (exact) mass is 493 g/mol. The summed E-state index contributed by atoms with van der Waals surface area (Å²) in [7, 11) is 0. The number of nitrogens with one attached hydrogen (secondary N) is 3.